The van der Waals surface area contributed by atoms with Gasteiger partial charge in [-0.1, -0.05) is 0 Å². The lowest BCUT2D eigenvalue weighted by Gasteiger charge is -2.12. The van der Waals surface area contributed by atoms with Crippen molar-refractivity contribution >= 4 is 17.2 Å². The Hall–Kier alpha value is -0.870. The SMILES string of the molecule is COCC(C)NC(=O)Cc1c(C)csc1C. The summed E-state index contributed by atoms with van der Waals surface area (Å²) in [4.78, 5) is 13.0. The number of amides is 1. The smallest absolute Gasteiger partial charge is 0.224 e. The first-order valence-corrected chi connectivity index (χ1v) is 6.24. The van der Waals surface area contributed by atoms with Gasteiger partial charge in [0, 0.05) is 18.0 Å². The number of nitrogens with one attached hydrogen (secondary N) is 1. The predicted molar refractivity (Wildman–Crippen MR) is 67.0 cm³/mol. The van der Waals surface area contributed by atoms with Crippen LogP contribution in [0.15, 0.2) is 5.38 Å². The van der Waals surface area contributed by atoms with Gasteiger partial charge in [-0.05, 0) is 37.3 Å². The highest BCUT2D eigenvalue weighted by molar-refractivity contribution is 7.10. The molecular formula is C12H19NO2S. The lowest BCUT2D eigenvalue weighted by atomic mass is 10.1. The molecule has 0 saturated carbocycles. The minimum atomic E-state index is 0.0640. The molecule has 1 heterocycles. The minimum Gasteiger partial charge on any atom is -0.383 e. The maximum Gasteiger partial charge on any atom is 0.224 e. The molecule has 0 aliphatic heterocycles. The molecule has 1 aromatic rings. The molecule has 4 heteroatoms. The Morgan fingerprint density at radius 3 is 2.75 bits per heavy atom. The Morgan fingerprint density at radius 2 is 2.25 bits per heavy atom. The van der Waals surface area contributed by atoms with E-state index >= 15 is 0 Å². The van der Waals surface area contributed by atoms with E-state index in [4.69, 9.17) is 4.74 Å². The van der Waals surface area contributed by atoms with Gasteiger partial charge in [0.1, 0.15) is 0 Å². The van der Waals surface area contributed by atoms with Gasteiger partial charge >= 0.3 is 0 Å². The summed E-state index contributed by atoms with van der Waals surface area (Å²) in [5.41, 5.74) is 2.36. The lowest BCUT2D eigenvalue weighted by Crippen LogP contribution is -2.36. The molecule has 1 rings (SSSR count). The third kappa shape index (κ3) is 3.61. The van der Waals surface area contributed by atoms with Crippen molar-refractivity contribution in [3.05, 3.63) is 21.4 Å². The summed E-state index contributed by atoms with van der Waals surface area (Å²) in [6.07, 6.45) is 0.467. The third-order valence-corrected chi connectivity index (χ3v) is 3.55. The van der Waals surface area contributed by atoms with Gasteiger partial charge in [-0.2, -0.15) is 0 Å². The van der Waals surface area contributed by atoms with Crippen LogP contribution in [0.25, 0.3) is 0 Å². The summed E-state index contributed by atoms with van der Waals surface area (Å²) in [5, 5.41) is 5.01. The third-order valence-electron chi connectivity index (χ3n) is 2.47. The number of hydrogen-bond acceptors (Lipinski definition) is 3. The molecule has 1 N–H and O–H groups in total. The van der Waals surface area contributed by atoms with Crippen LogP contribution in [0.5, 0.6) is 0 Å². The molecule has 0 spiro atoms. The number of ether oxygens (including phenoxy) is 1. The number of carbonyl (C=O) groups excluding carboxylic acids is 1. The second-order valence-electron chi connectivity index (χ2n) is 4.05. The van der Waals surface area contributed by atoms with Crippen LogP contribution in [0, 0.1) is 13.8 Å². The fourth-order valence-electron chi connectivity index (χ4n) is 1.64. The molecule has 1 aromatic heterocycles. The quantitative estimate of drug-likeness (QED) is 0.857. The van der Waals surface area contributed by atoms with Crippen LogP contribution in [0.3, 0.4) is 0 Å². The molecule has 0 aliphatic carbocycles. The van der Waals surface area contributed by atoms with Crippen LogP contribution in [-0.4, -0.2) is 25.7 Å². The van der Waals surface area contributed by atoms with Gasteiger partial charge in [0.2, 0.25) is 5.91 Å². The van der Waals surface area contributed by atoms with E-state index in [1.807, 2.05) is 13.8 Å². The van der Waals surface area contributed by atoms with Crippen molar-refractivity contribution in [2.24, 2.45) is 0 Å². The van der Waals surface area contributed by atoms with Crippen LogP contribution in [0.2, 0.25) is 0 Å². The Labute approximate surface area is 101 Å². The summed E-state index contributed by atoms with van der Waals surface area (Å²) < 4.78 is 4.97. The van der Waals surface area contributed by atoms with E-state index in [0.29, 0.717) is 13.0 Å². The van der Waals surface area contributed by atoms with Crippen molar-refractivity contribution in [3.63, 3.8) is 0 Å². The number of thiophene rings is 1. The van der Waals surface area contributed by atoms with Crippen molar-refractivity contribution in [1.29, 1.82) is 0 Å². The molecule has 0 saturated heterocycles. The van der Waals surface area contributed by atoms with Gasteiger partial charge in [-0.3, -0.25) is 4.79 Å². The largest absolute Gasteiger partial charge is 0.383 e. The highest BCUT2D eigenvalue weighted by Gasteiger charge is 2.12. The van der Waals surface area contributed by atoms with Crippen LogP contribution in [0.1, 0.15) is 22.9 Å². The maximum absolute atomic E-state index is 11.7. The van der Waals surface area contributed by atoms with Crippen LogP contribution in [-0.2, 0) is 16.0 Å². The molecule has 0 aromatic carbocycles. The molecule has 0 fully saturated rings. The number of hydrogen-bond donors (Lipinski definition) is 1. The van der Waals surface area contributed by atoms with Crippen LogP contribution < -0.4 is 5.32 Å². The normalized spacial score (nSPS) is 12.5. The van der Waals surface area contributed by atoms with E-state index in [-0.39, 0.29) is 11.9 Å². The fourth-order valence-corrected chi connectivity index (χ4v) is 2.51. The van der Waals surface area contributed by atoms with E-state index in [1.165, 1.54) is 10.4 Å². The number of methoxy groups -OCH3 is 1. The van der Waals surface area contributed by atoms with Crippen molar-refractivity contribution in [1.82, 2.24) is 5.32 Å². The van der Waals surface area contributed by atoms with Crippen molar-refractivity contribution in [2.75, 3.05) is 13.7 Å². The standard InChI is InChI=1S/C12H19NO2S/c1-8-7-16-10(3)11(8)5-12(14)13-9(2)6-15-4/h7,9H,5-6H2,1-4H3,(H,13,14). The molecule has 0 bridgehead atoms. The predicted octanol–water partition coefficient (Wildman–Crippen LogP) is 2.06. The van der Waals surface area contributed by atoms with Crippen molar-refractivity contribution in [2.45, 2.75) is 33.2 Å². The van der Waals surface area contributed by atoms with Crippen LogP contribution in [0.4, 0.5) is 0 Å². The van der Waals surface area contributed by atoms with Gasteiger partial charge in [0.05, 0.1) is 13.0 Å². The average molecular weight is 241 g/mol. The maximum atomic E-state index is 11.7. The van der Waals surface area contributed by atoms with E-state index in [0.717, 1.165) is 5.56 Å². The van der Waals surface area contributed by atoms with Gasteiger partial charge < -0.3 is 10.1 Å². The Bertz CT molecular complexity index is 340. The van der Waals surface area contributed by atoms with Gasteiger partial charge in [-0.15, -0.1) is 11.3 Å². The van der Waals surface area contributed by atoms with Crippen LogP contribution >= 0.6 is 11.3 Å². The molecule has 3 nitrogen and oxygen atoms in total. The monoisotopic (exact) mass is 241 g/mol. The van der Waals surface area contributed by atoms with Gasteiger partial charge in [0.25, 0.3) is 0 Å². The Kier molecular flexibility index (Phi) is 4.96. The molecule has 1 unspecified atom stereocenters. The lowest BCUT2D eigenvalue weighted by molar-refractivity contribution is -0.121. The minimum absolute atomic E-state index is 0.0640. The highest BCUT2D eigenvalue weighted by Crippen LogP contribution is 2.21. The summed E-state index contributed by atoms with van der Waals surface area (Å²) >= 11 is 1.70. The number of carbonyl (C=O) groups is 1. The summed E-state index contributed by atoms with van der Waals surface area (Å²) in [6, 6.07) is 0.0664. The Balaban J connectivity index is 2.52. The zero-order chi connectivity index (χ0) is 12.1. The second kappa shape index (κ2) is 6.01. The highest BCUT2D eigenvalue weighted by atomic mass is 32.1. The molecule has 90 valence electrons. The molecule has 1 atom stereocenters. The molecule has 0 aliphatic rings. The first-order valence-electron chi connectivity index (χ1n) is 5.36. The first kappa shape index (κ1) is 13.2. The summed E-state index contributed by atoms with van der Waals surface area (Å²) in [6.45, 7) is 6.59. The summed E-state index contributed by atoms with van der Waals surface area (Å²) in [7, 11) is 1.63. The van der Waals surface area contributed by atoms with E-state index < -0.39 is 0 Å². The van der Waals surface area contributed by atoms with E-state index in [2.05, 4.69) is 17.6 Å². The molecule has 1 amide bonds. The topological polar surface area (TPSA) is 38.3 Å². The number of aryl methyl sites for hydroxylation is 2. The molecule has 16 heavy (non-hydrogen) atoms. The Morgan fingerprint density at radius 1 is 1.56 bits per heavy atom. The molecule has 0 radical (unpaired) electrons. The van der Waals surface area contributed by atoms with Crippen molar-refractivity contribution in [3.8, 4) is 0 Å². The number of rotatable bonds is 5. The van der Waals surface area contributed by atoms with E-state index in [1.54, 1.807) is 18.4 Å². The van der Waals surface area contributed by atoms with Crippen molar-refractivity contribution < 1.29 is 9.53 Å². The molecular weight excluding hydrogens is 222 g/mol. The average Bonchev–Trinajstić information content (AvgIpc) is 2.49. The zero-order valence-electron chi connectivity index (χ0n) is 10.3. The fraction of sp³-hybridized carbons (Fsp3) is 0.583. The zero-order valence-corrected chi connectivity index (χ0v) is 11.1. The first-order chi connectivity index (χ1) is 7.54. The van der Waals surface area contributed by atoms with Gasteiger partial charge in [0.15, 0.2) is 0 Å². The second-order valence-corrected chi connectivity index (χ2v) is 5.14. The summed E-state index contributed by atoms with van der Waals surface area (Å²) in [5.74, 6) is 0.0640. The van der Waals surface area contributed by atoms with Gasteiger partial charge in [-0.25, -0.2) is 0 Å². The van der Waals surface area contributed by atoms with E-state index in [9.17, 15) is 4.79 Å².